The van der Waals surface area contributed by atoms with Crippen molar-refractivity contribution in [3.05, 3.63) is 80.5 Å². The first-order valence-corrected chi connectivity index (χ1v) is 9.64. The summed E-state index contributed by atoms with van der Waals surface area (Å²) in [5.41, 5.74) is 2.00. The molecule has 0 bridgehead atoms. The molecule has 3 aromatic rings. The molecule has 2 amide bonds. The van der Waals surface area contributed by atoms with E-state index in [4.69, 9.17) is 11.6 Å². The van der Waals surface area contributed by atoms with Gasteiger partial charge in [-0.15, -0.1) is 11.3 Å². The van der Waals surface area contributed by atoms with E-state index in [2.05, 4.69) is 15.6 Å². The maximum atomic E-state index is 12.9. The van der Waals surface area contributed by atoms with Gasteiger partial charge in [0.15, 0.2) is 0 Å². The molecular weight excluding hydrogens is 401 g/mol. The van der Waals surface area contributed by atoms with E-state index in [0.29, 0.717) is 26.3 Å². The van der Waals surface area contributed by atoms with Gasteiger partial charge in [0.2, 0.25) is 5.91 Å². The Kier molecular flexibility index (Phi) is 6.38. The first-order valence-electron chi connectivity index (χ1n) is 8.45. The number of nitrogens with one attached hydrogen (secondary N) is 2. The molecule has 2 N–H and O–H groups in total. The molecule has 0 saturated heterocycles. The van der Waals surface area contributed by atoms with E-state index in [1.54, 1.807) is 43.3 Å². The fourth-order valence-electron chi connectivity index (χ4n) is 2.48. The van der Waals surface area contributed by atoms with Gasteiger partial charge in [-0.05, 0) is 48.9 Å². The van der Waals surface area contributed by atoms with Crippen LogP contribution in [0, 0.1) is 12.7 Å². The van der Waals surface area contributed by atoms with Gasteiger partial charge < -0.3 is 10.6 Å². The summed E-state index contributed by atoms with van der Waals surface area (Å²) in [6.45, 7) is 2.01. The molecule has 0 aliphatic heterocycles. The van der Waals surface area contributed by atoms with E-state index in [0.717, 1.165) is 5.56 Å². The predicted octanol–water partition coefficient (Wildman–Crippen LogP) is 4.36. The highest BCUT2D eigenvalue weighted by molar-refractivity contribution is 7.13. The average molecular weight is 418 g/mol. The number of nitrogens with zero attached hydrogens (tertiary/aromatic N) is 1. The van der Waals surface area contributed by atoms with Crippen LogP contribution in [0.2, 0.25) is 5.02 Å². The summed E-state index contributed by atoms with van der Waals surface area (Å²) in [4.78, 5) is 29.4. The minimum atomic E-state index is -0.324. The number of amides is 2. The van der Waals surface area contributed by atoms with Gasteiger partial charge in [0.1, 0.15) is 15.7 Å². The molecule has 2 aromatic carbocycles. The van der Waals surface area contributed by atoms with Crippen molar-refractivity contribution < 1.29 is 14.0 Å². The molecule has 5 nitrogen and oxygen atoms in total. The molecule has 0 unspecified atom stereocenters. The highest BCUT2D eigenvalue weighted by Crippen LogP contribution is 2.20. The van der Waals surface area contributed by atoms with Crippen LogP contribution in [0.1, 0.15) is 25.9 Å². The molecule has 0 atom stereocenters. The molecule has 0 spiro atoms. The number of hydrogen-bond donors (Lipinski definition) is 2. The third-order valence-corrected chi connectivity index (χ3v) is 5.26. The number of thiazole rings is 1. The molecule has 0 aliphatic carbocycles. The van der Waals surface area contributed by atoms with E-state index in [1.807, 2.05) is 0 Å². The molecule has 1 aromatic heterocycles. The number of benzene rings is 2. The molecule has 0 saturated carbocycles. The van der Waals surface area contributed by atoms with Crippen LogP contribution in [0.4, 0.5) is 10.1 Å². The number of anilines is 1. The van der Waals surface area contributed by atoms with Crippen molar-refractivity contribution >= 4 is 40.4 Å². The van der Waals surface area contributed by atoms with E-state index < -0.39 is 0 Å². The first kappa shape index (κ1) is 20.0. The second-order valence-electron chi connectivity index (χ2n) is 6.06. The van der Waals surface area contributed by atoms with Crippen molar-refractivity contribution in [1.29, 1.82) is 0 Å². The second-order valence-corrected chi connectivity index (χ2v) is 7.58. The summed E-state index contributed by atoms with van der Waals surface area (Å²) in [6, 6.07) is 12.7. The number of hydrogen-bond acceptors (Lipinski definition) is 4. The Balaban J connectivity index is 1.58. The lowest BCUT2D eigenvalue weighted by atomic mass is 10.2. The maximum absolute atomic E-state index is 12.9. The Bertz CT molecular complexity index is 988. The van der Waals surface area contributed by atoms with Gasteiger partial charge in [-0.2, -0.15) is 0 Å². The standard InChI is InChI=1S/C20H17ClFN3O2S/c1-12-19(20(27)23-11-13-2-6-15(22)7-3-13)28-18(24-12)10-17(26)25-16-8-4-14(21)5-9-16/h2-9H,10-11H2,1H3,(H,23,27)(H,25,26). The summed E-state index contributed by atoms with van der Waals surface area (Å²) >= 11 is 7.01. The summed E-state index contributed by atoms with van der Waals surface area (Å²) in [7, 11) is 0. The average Bonchev–Trinajstić information content (AvgIpc) is 3.03. The van der Waals surface area contributed by atoms with Gasteiger partial charge in [-0.25, -0.2) is 9.37 Å². The Labute approximate surface area is 170 Å². The maximum Gasteiger partial charge on any atom is 0.263 e. The number of carbonyl (C=O) groups is 2. The van der Waals surface area contributed by atoms with Crippen LogP contribution >= 0.6 is 22.9 Å². The van der Waals surface area contributed by atoms with Crippen molar-refractivity contribution in [2.24, 2.45) is 0 Å². The molecule has 3 rings (SSSR count). The largest absolute Gasteiger partial charge is 0.347 e. The van der Waals surface area contributed by atoms with Gasteiger partial charge in [0, 0.05) is 17.3 Å². The Hall–Kier alpha value is -2.77. The molecular formula is C20H17ClFN3O2S. The zero-order valence-corrected chi connectivity index (χ0v) is 16.5. The van der Waals surface area contributed by atoms with Crippen LogP contribution in [0.15, 0.2) is 48.5 Å². The second kappa shape index (κ2) is 8.95. The molecule has 144 valence electrons. The van der Waals surface area contributed by atoms with E-state index in [1.165, 1.54) is 23.5 Å². The molecule has 1 heterocycles. The van der Waals surface area contributed by atoms with Gasteiger partial charge in [-0.1, -0.05) is 23.7 Å². The van der Waals surface area contributed by atoms with Crippen molar-refractivity contribution in [3.63, 3.8) is 0 Å². The lowest BCUT2D eigenvalue weighted by Crippen LogP contribution is -2.22. The fraction of sp³-hybridized carbons (Fsp3) is 0.150. The van der Waals surface area contributed by atoms with Crippen LogP contribution in [0.5, 0.6) is 0 Å². The Morgan fingerprint density at radius 3 is 2.46 bits per heavy atom. The minimum Gasteiger partial charge on any atom is -0.347 e. The van der Waals surface area contributed by atoms with Crippen molar-refractivity contribution in [3.8, 4) is 0 Å². The Morgan fingerprint density at radius 1 is 1.11 bits per heavy atom. The SMILES string of the molecule is Cc1nc(CC(=O)Nc2ccc(Cl)cc2)sc1C(=O)NCc1ccc(F)cc1. The van der Waals surface area contributed by atoms with Gasteiger partial charge in [0.25, 0.3) is 5.91 Å². The zero-order chi connectivity index (χ0) is 20.1. The number of aryl methyl sites for hydroxylation is 1. The summed E-state index contributed by atoms with van der Waals surface area (Å²) in [5, 5.41) is 6.69. The van der Waals surface area contributed by atoms with Crippen LogP contribution in [0.25, 0.3) is 0 Å². The van der Waals surface area contributed by atoms with Gasteiger partial charge in [0.05, 0.1) is 12.1 Å². The highest BCUT2D eigenvalue weighted by atomic mass is 35.5. The van der Waals surface area contributed by atoms with Crippen LogP contribution < -0.4 is 10.6 Å². The first-order chi connectivity index (χ1) is 13.4. The van der Waals surface area contributed by atoms with Crippen molar-refractivity contribution in [2.75, 3.05) is 5.32 Å². The third kappa shape index (κ3) is 5.37. The van der Waals surface area contributed by atoms with E-state index in [-0.39, 0.29) is 30.6 Å². The van der Waals surface area contributed by atoms with E-state index in [9.17, 15) is 14.0 Å². The van der Waals surface area contributed by atoms with Crippen LogP contribution in [-0.4, -0.2) is 16.8 Å². The van der Waals surface area contributed by atoms with E-state index >= 15 is 0 Å². The smallest absolute Gasteiger partial charge is 0.263 e. The number of halogens is 2. The zero-order valence-electron chi connectivity index (χ0n) is 15.0. The number of aromatic nitrogens is 1. The monoisotopic (exact) mass is 417 g/mol. The molecule has 8 heteroatoms. The number of carbonyl (C=O) groups excluding carboxylic acids is 2. The minimum absolute atomic E-state index is 0.0688. The number of rotatable bonds is 6. The lowest BCUT2D eigenvalue weighted by Gasteiger charge is -2.04. The Morgan fingerprint density at radius 2 is 1.79 bits per heavy atom. The molecule has 0 radical (unpaired) electrons. The van der Waals surface area contributed by atoms with Crippen LogP contribution in [0.3, 0.4) is 0 Å². The van der Waals surface area contributed by atoms with Crippen LogP contribution in [-0.2, 0) is 17.8 Å². The fourth-order valence-corrected chi connectivity index (χ4v) is 3.58. The topological polar surface area (TPSA) is 71.1 Å². The normalized spacial score (nSPS) is 10.5. The lowest BCUT2D eigenvalue weighted by molar-refractivity contribution is -0.115. The van der Waals surface area contributed by atoms with Crippen molar-refractivity contribution in [1.82, 2.24) is 10.3 Å². The highest BCUT2D eigenvalue weighted by Gasteiger charge is 2.17. The molecule has 0 aliphatic rings. The van der Waals surface area contributed by atoms with Crippen molar-refractivity contribution in [2.45, 2.75) is 19.9 Å². The third-order valence-electron chi connectivity index (χ3n) is 3.85. The summed E-state index contributed by atoms with van der Waals surface area (Å²) in [6.07, 6.45) is 0.0688. The van der Waals surface area contributed by atoms with Gasteiger partial charge in [-0.3, -0.25) is 9.59 Å². The molecule has 28 heavy (non-hydrogen) atoms. The quantitative estimate of drug-likeness (QED) is 0.626. The molecule has 0 fully saturated rings. The summed E-state index contributed by atoms with van der Waals surface area (Å²) < 4.78 is 12.9. The van der Waals surface area contributed by atoms with Gasteiger partial charge >= 0.3 is 0 Å². The predicted molar refractivity (Wildman–Crippen MR) is 108 cm³/mol. The summed E-state index contributed by atoms with van der Waals surface area (Å²) in [5.74, 6) is -0.826.